The third kappa shape index (κ3) is 5.80. The Morgan fingerprint density at radius 2 is 1.90 bits per heavy atom. The van der Waals surface area contributed by atoms with Gasteiger partial charge < -0.3 is 9.47 Å². The smallest absolute Gasteiger partial charge is 0.303 e. The Balaban J connectivity index is 1.60. The lowest BCUT2D eigenvalue weighted by atomic mass is 10.1. The maximum Gasteiger partial charge on any atom is 0.303 e. The number of aromatic nitrogens is 1. The van der Waals surface area contributed by atoms with E-state index >= 15 is 0 Å². The molecule has 1 aliphatic heterocycles. The van der Waals surface area contributed by atoms with E-state index in [2.05, 4.69) is 10.3 Å². The molecule has 1 aliphatic rings. The topological polar surface area (TPSA) is 94.6 Å². The van der Waals surface area contributed by atoms with Crippen molar-refractivity contribution in [2.24, 2.45) is 0 Å². The summed E-state index contributed by atoms with van der Waals surface area (Å²) in [4.78, 5) is 38.8. The second-order valence-electron chi connectivity index (χ2n) is 6.59. The Hall–Kier alpha value is -2.87. The highest BCUT2D eigenvalue weighted by molar-refractivity contribution is 8.15. The molecule has 1 N–H and O–H groups in total. The minimum Gasteiger partial charge on any atom is -0.489 e. The number of nitrogens with zero attached hydrogens (tertiary/aromatic N) is 1. The molecule has 0 bridgehead atoms. The number of hydrogen-bond acceptors (Lipinski definition) is 7. The van der Waals surface area contributed by atoms with E-state index in [1.807, 2.05) is 31.2 Å². The highest BCUT2D eigenvalue weighted by Crippen LogP contribution is 2.24. The van der Waals surface area contributed by atoms with Crippen LogP contribution in [0.1, 0.15) is 36.8 Å². The maximum absolute atomic E-state index is 11.7. The average Bonchev–Trinajstić information content (AvgIpc) is 3.03. The number of carbonyl (C=O) groups excluding carboxylic acids is 3. The van der Waals surface area contributed by atoms with Crippen LogP contribution in [0.15, 0.2) is 42.6 Å². The van der Waals surface area contributed by atoms with E-state index in [9.17, 15) is 14.4 Å². The van der Waals surface area contributed by atoms with E-state index in [0.717, 1.165) is 29.3 Å². The summed E-state index contributed by atoms with van der Waals surface area (Å²) in [6, 6.07) is 11.1. The monoisotopic (exact) mass is 414 g/mol. The Morgan fingerprint density at radius 3 is 2.45 bits per heavy atom. The zero-order chi connectivity index (χ0) is 20.8. The normalized spacial score (nSPS) is 17.0. The Morgan fingerprint density at radius 1 is 1.17 bits per heavy atom. The number of nitrogens with one attached hydrogen (secondary N) is 1. The molecular weight excluding hydrogens is 392 g/mol. The number of thioether (sulfide) groups is 1. The molecule has 0 aliphatic carbocycles. The predicted octanol–water partition coefficient (Wildman–Crippen LogP) is 3.22. The van der Waals surface area contributed by atoms with Crippen molar-refractivity contribution in [2.45, 2.75) is 38.0 Å². The molecule has 1 unspecified atom stereocenters. The van der Waals surface area contributed by atoms with E-state index in [4.69, 9.17) is 9.47 Å². The molecule has 2 aromatic rings. The van der Waals surface area contributed by atoms with E-state index in [1.54, 1.807) is 18.3 Å². The van der Waals surface area contributed by atoms with Crippen molar-refractivity contribution >= 4 is 28.9 Å². The second-order valence-corrected chi connectivity index (χ2v) is 7.76. The fraction of sp³-hybridized carbons (Fsp3) is 0.333. The highest BCUT2D eigenvalue weighted by atomic mass is 32.2. The number of hydrogen-bond donors (Lipinski definition) is 1. The van der Waals surface area contributed by atoms with Gasteiger partial charge in [0, 0.05) is 13.1 Å². The van der Waals surface area contributed by atoms with Crippen molar-refractivity contribution in [1.29, 1.82) is 0 Å². The molecule has 29 heavy (non-hydrogen) atoms. The van der Waals surface area contributed by atoms with Gasteiger partial charge in [0.1, 0.15) is 12.4 Å². The molecule has 7 nitrogen and oxygen atoms in total. The number of aryl methyl sites for hydroxylation is 1. The molecule has 0 saturated carbocycles. The van der Waals surface area contributed by atoms with Gasteiger partial charge in [-0.15, -0.1) is 0 Å². The molecule has 1 aromatic carbocycles. The van der Waals surface area contributed by atoms with Crippen LogP contribution in [-0.2, 0) is 27.2 Å². The third-order valence-electron chi connectivity index (χ3n) is 4.41. The van der Waals surface area contributed by atoms with Crippen molar-refractivity contribution in [3.8, 4) is 5.75 Å². The van der Waals surface area contributed by atoms with Crippen LogP contribution >= 0.6 is 11.8 Å². The van der Waals surface area contributed by atoms with E-state index in [1.165, 1.54) is 6.92 Å². The van der Waals surface area contributed by atoms with Gasteiger partial charge >= 0.3 is 5.97 Å². The maximum atomic E-state index is 11.7. The lowest BCUT2D eigenvalue weighted by Gasteiger charge is -2.18. The molecule has 2 amide bonds. The first-order valence-electron chi connectivity index (χ1n) is 9.30. The summed E-state index contributed by atoms with van der Waals surface area (Å²) in [7, 11) is 0. The second kappa shape index (κ2) is 9.56. The van der Waals surface area contributed by atoms with Crippen LogP contribution in [0, 0.1) is 0 Å². The summed E-state index contributed by atoms with van der Waals surface area (Å²) in [5.41, 5.74) is 2.65. The molecule has 152 valence electrons. The first kappa shape index (κ1) is 20.9. The molecule has 3 rings (SSSR count). The molecule has 8 heteroatoms. The summed E-state index contributed by atoms with van der Waals surface area (Å²) >= 11 is 1.01. The summed E-state index contributed by atoms with van der Waals surface area (Å²) in [5.74, 6) is -0.0565. The SMILES string of the molecule is CCc1ccc([C@H](COc2ccc(CC3SC(=O)NC3=O)cc2)OC(C)=O)nc1. The van der Waals surface area contributed by atoms with Gasteiger partial charge in [0.05, 0.1) is 10.9 Å². The van der Waals surface area contributed by atoms with E-state index < -0.39 is 17.3 Å². The number of pyridine rings is 1. The molecule has 1 saturated heterocycles. The molecule has 0 radical (unpaired) electrons. The van der Waals surface area contributed by atoms with Crippen molar-refractivity contribution in [3.63, 3.8) is 0 Å². The van der Waals surface area contributed by atoms with Crippen LogP contribution < -0.4 is 10.1 Å². The van der Waals surface area contributed by atoms with Gasteiger partial charge in [0.15, 0.2) is 6.10 Å². The number of benzene rings is 1. The number of carbonyl (C=O) groups is 3. The van der Waals surface area contributed by atoms with Crippen LogP contribution in [0.5, 0.6) is 5.75 Å². The van der Waals surface area contributed by atoms with Crippen LogP contribution in [0.25, 0.3) is 0 Å². The zero-order valence-electron chi connectivity index (χ0n) is 16.2. The third-order valence-corrected chi connectivity index (χ3v) is 5.39. The fourth-order valence-corrected chi connectivity index (χ4v) is 3.71. The van der Waals surface area contributed by atoms with Gasteiger partial charge in [-0.3, -0.25) is 24.7 Å². The van der Waals surface area contributed by atoms with Crippen LogP contribution in [0.4, 0.5) is 4.79 Å². The summed E-state index contributed by atoms with van der Waals surface area (Å²) in [5, 5.41) is 1.57. The largest absolute Gasteiger partial charge is 0.489 e. The Labute approximate surface area is 173 Å². The minimum atomic E-state index is -0.609. The van der Waals surface area contributed by atoms with Gasteiger partial charge in [-0.1, -0.05) is 36.9 Å². The fourth-order valence-electron chi connectivity index (χ4n) is 2.85. The quantitative estimate of drug-likeness (QED) is 0.663. The zero-order valence-corrected chi connectivity index (χ0v) is 17.0. The van der Waals surface area contributed by atoms with Gasteiger partial charge in [-0.05, 0) is 42.2 Å². The van der Waals surface area contributed by atoms with Gasteiger partial charge in [0.2, 0.25) is 5.91 Å². The average molecular weight is 414 g/mol. The minimum absolute atomic E-state index is 0.132. The van der Waals surface area contributed by atoms with E-state index in [-0.39, 0.29) is 17.8 Å². The molecule has 2 heterocycles. The van der Waals surface area contributed by atoms with Crippen molar-refractivity contribution in [2.75, 3.05) is 6.61 Å². The standard InChI is InChI=1S/C21H22N2O5S/c1-3-14-6-9-17(22-11-14)18(28-13(2)24)12-27-16-7-4-15(5-8-16)10-19-20(25)23-21(26)29-19/h4-9,11,18-19H,3,10,12H2,1-2H3,(H,23,25,26)/t18-,19?/m0/s1. The van der Waals surface area contributed by atoms with Crippen LogP contribution in [0.2, 0.25) is 0 Å². The number of ether oxygens (including phenoxy) is 2. The molecular formula is C21H22N2O5S. The summed E-state index contributed by atoms with van der Waals surface area (Å²) in [6.07, 6.45) is 2.50. The Bertz CT molecular complexity index is 883. The molecule has 2 atom stereocenters. The highest BCUT2D eigenvalue weighted by Gasteiger charge is 2.31. The predicted molar refractivity (Wildman–Crippen MR) is 109 cm³/mol. The first-order chi connectivity index (χ1) is 13.9. The van der Waals surface area contributed by atoms with Crippen molar-refractivity contribution in [3.05, 3.63) is 59.4 Å². The number of imide groups is 1. The number of rotatable bonds is 8. The van der Waals surface area contributed by atoms with Gasteiger partial charge in [0.25, 0.3) is 5.24 Å². The number of esters is 1. The lowest BCUT2D eigenvalue weighted by Crippen LogP contribution is -2.25. The van der Waals surface area contributed by atoms with Gasteiger partial charge in [-0.25, -0.2) is 0 Å². The summed E-state index contributed by atoms with van der Waals surface area (Å²) < 4.78 is 11.1. The molecule has 0 spiro atoms. The molecule has 1 fully saturated rings. The Kier molecular flexibility index (Phi) is 6.87. The molecule has 1 aromatic heterocycles. The summed E-state index contributed by atoms with van der Waals surface area (Å²) in [6.45, 7) is 3.53. The van der Waals surface area contributed by atoms with E-state index in [0.29, 0.717) is 17.9 Å². The van der Waals surface area contributed by atoms with Crippen LogP contribution in [-0.4, -0.2) is 34.0 Å². The van der Waals surface area contributed by atoms with Crippen LogP contribution in [0.3, 0.4) is 0 Å². The first-order valence-corrected chi connectivity index (χ1v) is 10.2. The van der Waals surface area contributed by atoms with Gasteiger partial charge in [-0.2, -0.15) is 0 Å². The van der Waals surface area contributed by atoms with Crippen molar-refractivity contribution < 1.29 is 23.9 Å². The van der Waals surface area contributed by atoms with Crippen molar-refractivity contribution in [1.82, 2.24) is 10.3 Å². The number of amides is 2. The lowest BCUT2D eigenvalue weighted by molar-refractivity contribution is -0.148.